The minimum absolute atomic E-state index is 0.0282. The first-order chi connectivity index (χ1) is 15.0. The number of benzene rings is 1. The first-order valence-corrected chi connectivity index (χ1v) is 10.7. The van der Waals surface area contributed by atoms with Crippen LogP contribution >= 0.6 is 0 Å². The van der Waals surface area contributed by atoms with Gasteiger partial charge in [0.2, 0.25) is 11.8 Å². The van der Waals surface area contributed by atoms with E-state index < -0.39 is 35.5 Å². The van der Waals surface area contributed by atoms with Gasteiger partial charge in [0.05, 0.1) is 13.0 Å². The Morgan fingerprint density at radius 2 is 1.66 bits per heavy atom. The molecule has 1 unspecified atom stereocenters. The van der Waals surface area contributed by atoms with Gasteiger partial charge in [0.15, 0.2) is 0 Å². The van der Waals surface area contributed by atoms with Crippen LogP contribution in [0.1, 0.15) is 58.2 Å². The highest BCUT2D eigenvalue weighted by atomic mass is 16.6. The van der Waals surface area contributed by atoms with Gasteiger partial charge in [-0.3, -0.25) is 14.4 Å². The molecule has 9 heteroatoms. The fourth-order valence-corrected chi connectivity index (χ4v) is 2.91. The maximum Gasteiger partial charge on any atom is 0.408 e. The van der Waals surface area contributed by atoms with Crippen molar-refractivity contribution < 1.29 is 28.7 Å². The lowest BCUT2D eigenvalue weighted by atomic mass is 10.0. The van der Waals surface area contributed by atoms with Gasteiger partial charge in [0.1, 0.15) is 18.2 Å². The van der Waals surface area contributed by atoms with Crippen LogP contribution in [0.3, 0.4) is 0 Å². The van der Waals surface area contributed by atoms with Crippen molar-refractivity contribution in [2.75, 3.05) is 26.2 Å². The largest absolute Gasteiger partial charge is 0.466 e. The summed E-state index contributed by atoms with van der Waals surface area (Å²) in [5, 5.41) is 5.14. The zero-order valence-electron chi connectivity index (χ0n) is 19.8. The van der Waals surface area contributed by atoms with Crippen LogP contribution in [-0.2, 0) is 23.9 Å². The van der Waals surface area contributed by atoms with Gasteiger partial charge in [0, 0.05) is 13.1 Å². The normalized spacial score (nSPS) is 11.8. The predicted octanol–water partition coefficient (Wildman–Crippen LogP) is 2.48. The molecule has 0 fully saturated rings. The molecular formula is C23H35N3O6. The van der Waals surface area contributed by atoms with Gasteiger partial charge in [-0.05, 0) is 47.1 Å². The van der Waals surface area contributed by atoms with Crippen LogP contribution in [-0.4, -0.2) is 60.6 Å². The number of carbonyl (C=O) groups excluding carboxylic acids is 4. The number of esters is 1. The molecule has 0 aliphatic carbocycles. The number of hydrogen-bond donors (Lipinski definition) is 2. The van der Waals surface area contributed by atoms with Crippen molar-refractivity contribution in [3.8, 4) is 0 Å². The number of ether oxygens (including phenoxy) is 2. The monoisotopic (exact) mass is 449 g/mol. The lowest BCUT2D eigenvalue weighted by molar-refractivity contribution is -0.143. The number of amides is 3. The van der Waals surface area contributed by atoms with Gasteiger partial charge >= 0.3 is 12.1 Å². The third-order valence-electron chi connectivity index (χ3n) is 4.33. The number of likely N-dealkylation sites (N-methyl/N-ethyl adjacent to an activating group) is 1. The number of nitrogens with one attached hydrogen (secondary N) is 2. The van der Waals surface area contributed by atoms with Gasteiger partial charge in [0.25, 0.3) is 0 Å². The third kappa shape index (κ3) is 9.36. The molecule has 3 amide bonds. The molecule has 0 saturated heterocycles. The second-order valence-electron chi connectivity index (χ2n) is 8.19. The number of alkyl carbamates (subject to hydrolysis) is 1. The lowest BCUT2D eigenvalue weighted by Crippen LogP contribution is -2.48. The topological polar surface area (TPSA) is 114 Å². The summed E-state index contributed by atoms with van der Waals surface area (Å²) in [6.45, 7) is 10.8. The molecule has 0 aliphatic heterocycles. The highest BCUT2D eigenvalue weighted by Gasteiger charge is 2.30. The van der Waals surface area contributed by atoms with E-state index in [2.05, 4.69) is 10.6 Å². The maximum absolute atomic E-state index is 13.0. The van der Waals surface area contributed by atoms with Gasteiger partial charge in [-0.25, -0.2) is 4.79 Å². The summed E-state index contributed by atoms with van der Waals surface area (Å²) in [4.78, 5) is 50.8. The van der Waals surface area contributed by atoms with Crippen LogP contribution in [0.15, 0.2) is 24.3 Å². The van der Waals surface area contributed by atoms with E-state index in [1.165, 1.54) is 4.90 Å². The SMILES string of the molecule is CCOC(=O)CCNC(=O)C(c1ccc(C)cc1)N(CC)C(=O)CNC(=O)OC(C)(C)C. The van der Waals surface area contributed by atoms with Crippen molar-refractivity contribution in [1.82, 2.24) is 15.5 Å². The van der Waals surface area contributed by atoms with Crippen LogP contribution in [0, 0.1) is 6.92 Å². The first-order valence-electron chi connectivity index (χ1n) is 10.7. The van der Waals surface area contributed by atoms with Crippen molar-refractivity contribution in [3.63, 3.8) is 0 Å². The molecule has 178 valence electrons. The molecule has 0 bridgehead atoms. The molecule has 32 heavy (non-hydrogen) atoms. The summed E-state index contributed by atoms with van der Waals surface area (Å²) in [5.41, 5.74) is 0.939. The first kappa shape index (κ1) is 26.9. The Morgan fingerprint density at radius 1 is 1.03 bits per heavy atom. The minimum Gasteiger partial charge on any atom is -0.466 e. The molecule has 1 aromatic rings. The van der Waals surface area contributed by atoms with E-state index in [-0.39, 0.29) is 32.7 Å². The predicted molar refractivity (Wildman–Crippen MR) is 120 cm³/mol. The average Bonchev–Trinajstić information content (AvgIpc) is 2.70. The van der Waals surface area contributed by atoms with Crippen LogP contribution in [0.2, 0.25) is 0 Å². The van der Waals surface area contributed by atoms with Crippen molar-refractivity contribution in [1.29, 1.82) is 0 Å². The van der Waals surface area contributed by atoms with E-state index in [0.717, 1.165) is 5.56 Å². The van der Waals surface area contributed by atoms with E-state index in [1.54, 1.807) is 46.8 Å². The van der Waals surface area contributed by atoms with Gasteiger partial charge in [-0.1, -0.05) is 29.8 Å². The molecule has 0 aromatic heterocycles. The molecule has 0 saturated carbocycles. The summed E-state index contributed by atoms with van der Waals surface area (Å²) in [5.74, 6) is -1.28. The second kappa shape index (κ2) is 12.7. The van der Waals surface area contributed by atoms with Crippen molar-refractivity contribution in [2.45, 2.75) is 59.6 Å². The Labute approximate surface area is 189 Å². The molecule has 9 nitrogen and oxygen atoms in total. The smallest absolute Gasteiger partial charge is 0.408 e. The quantitative estimate of drug-likeness (QED) is 0.531. The summed E-state index contributed by atoms with van der Waals surface area (Å²) < 4.78 is 10.0. The van der Waals surface area contributed by atoms with Gasteiger partial charge < -0.3 is 25.0 Å². The molecule has 0 heterocycles. The Morgan fingerprint density at radius 3 is 2.19 bits per heavy atom. The fourth-order valence-electron chi connectivity index (χ4n) is 2.91. The second-order valence-corrected chi connectivity index (χ2v) is 8.19. The number of carbonyl (C=O) groups is 4. The van der Waals surface area contributed by atoms with E-state index in [0.29, 0.717) is 5.56 Å². The summed E-state index contributed by atoms with van der Waals surface area (Å²) in [7, 11) is 0. The lowest BCUT2D eigenvalue weighted by Gasteiger charge is -2.30. The fraction of sp³-hybridized carbons (Fsp3) is 0.565. The molecule has 2 N–H and O–H groups in total. The molecule has 0 radical (unpaired) electrons. The Kier molecular flexibility index (Phi) is 10.7. The van der Waals surface area contributed by atoms with Crippen LogP contribution in [0.4, 0.5) is 4.79 Å². The van der Waals surface area contributed by atoms with Gasteiger partial charge in [-0.15, -0.1) is 0 Å². The van der Waals surface area contributed by atoms with Gasteiger partial charge in [-0.2, -0.15) is 0 Å². The summed E-state index contributed by atoms with van der Waals surface area (Å²) in [6, 6.07) is 6.34. The van der Waals surface area contributed by atoms with E-state index in [9.17, 15) is 19.2 Å². The number of nitrogens with zero attached hydrogens (tertiary/aromatic N) is 1. The van der Waals surface area contributed by atoms with Crippen LogP contribution < -0.4 is 10.6 Å². The molecule has 0 aliphatic rings. The van der Waals surface area contributed by atoms with Crippen LogP contribution in [0.25, 0.3) is 0 Å². The molecule has 1 aromatic carbocycles. The minimum atomic E-state index is -0.921. The van der Waals surface area contributed by atoms with Crippen molar-refractivity contribution in [3.05, 3.63) is 35.4 Å². The Hall–Kier alpha value is -3.10. The number of hydrogen-bond acceptors (Lipinski definition) is 6. The van der Waals surface area contributed by atoms with E-state index >= 15 is 0 Å². The third-order valence-corrected chi connectivity index (χ3v) is 4.33. The standard InChI is InChI=1S/C23H35N3O6/c1-7-26(18(27)15-25-22(30)32-23(4,5)6)20(17-11-9-16(3)10-12-17)21(29)24-14-13-19(28)31-8-2/h9-12,20H,7-8,13-15H2,1-6H3,(H,24,29)(H,25,30). The van der Waals surface area contributed by atoms with Crippen molar-refractivity contribution in [2.24, 2.45) is 0 Å². The molecule has 1 rings (SSSR count). The van der Waals surface area contributed by atoms with E-state index in [4.69, 9.17) is 9.47 Å². The molecular weight excluding hydrogens is 414 g/mol. The highest BCUT2D eigenvalue weighted by Crippen LogP contribution is 2.22. The Balaban J connectivity index is 2.96. The Bertz CT molecular complexity index is 786. The zero-order valence-corrected chi connectivity index (χ0v) is 19.8. The van der Waals surface area contributed by atoms with Crippen LogP contribution in [0.5, 0.6) is 0 Å². The molecule has 1 atom stereocenters. The zero-order chi connectivity index (χ0) is 24.3. The molecule has 0 spiro atoms. The average molecular weight is 450 g/mol. The summed E-state index contributed by atoms with van der Waals surface area (Å²) >= 11 is 0. The number of aryl methyl sites for hydroxylation is 1. The van der Waals surface area contributed by atoms with E-state index in [1.807, 2.05) is 19.1 Å². The number of rotatable bonds is 10. The van der Waals surface area contributed by atoms with Crippen molar-refractivity contribution >= 4 is 23.9 Å². The summed E-state index contributed by atoms with van der Waals surface area (Å²) in [6.07, 6.45) is -0.687. The highest BCUT2D eigenvalue weighted by molar-refractivity contribution is 5.90. The maximum atomic E-state index is 13.0.